The van der Waals surface area contributed by atoms with Crippen molar-refractivity contribution in [3.63, 3.8) is 0 Å². The number of aromatic nitrogens is 2. The van der Waals surface area contributed by atoms with Gasteiger partial charge in [-0.2, -0.15) is 4.98 Å². The molecular formula is C17H25N5. The fraction of sp³-hybridized carbons (Fsp3) is 0.412. The molecule has 1 aromatic carbocycles. The molecule has 2 N–H and O–H groups in total. The average Bonchev–Trinajstić information content (AvgIpc) is 2.49. The van der Waals surface area contributed by atoms with Crippen molar-refractivity contribution in [1.29, 1.82) is 0 Å². The predicted molar refractivity (Wildman–Crippen MR) is 92.9 cm³/mol. The predicted octanol–water partition coefficient (Wildman–Crippen LogP) is 3.06. The first kappa shape index (κ1) is 16.2. The molecule has 5 nitrogen and oxygen atoms in total. The van der Waals surface area contributed by atoms with Crippen LogP contribution in [-0.4, -0.2) is 42.1 Å². The first-order valence-corrected chi connectivity index (χ1v) is 7.67. The molecule has 0 aliphatic heterocycles. The summed E-state index contributed by atoms with van der Waals surface area (Å²) in [4.78, 5) is 11.0. The molecule has 2 aromatic rings. The third-order valence-corrected chi connectivity index (χ3v) is 3.50. The number of anilines is 3. The van der Waals surface area contributed by atoms with Crippen molar-refractivity contribution >= 4 is 17.5 Å². The maximum absolute atomic E-state index is 4.53. The Morgan fingerprint density at radius 2 is 2.00 bits per heavy atom. The lowest BCUT2D eigenvalue weighted by molar-refractivity contribution is 0.425. The highest BCUT2D eigenvalue weighted by molar-refractivity contribution is 5.63. The second kappa shape index (κ2) is 7.75. The van der Waals surface area contributed by atoms with Gasteiger partial charge in [0.25, 0.3) is 0 Å². The van der Waals surface area contributed by atoms with Gasteiger partial charge in [-0.15, -0.1) is 0 Å². The first-order chi connectivity index (χ1) is 10.6. The lowest BCUT2D eigenvalue weighted by Crippen LogP contribution is -2.21. The van der Waals surface area contributed by atoms with Gasteiger partial charge in [-0.1, -0.05) is 25.1 Å². The number of para-hydroxylation sites is 1. The maximum atomic E-state index is 4.53. The molecular weight excluding hydrogens is 274 g/mol. The normalized spacial score (nSPS) is 10.8. The zero-order chi connectivity index (χ0) is 15.9. The number of aryl methyl sites for hydroxylation is 2. The average molecular weight is 299 g/mol. The van der Waals surface area contributed by atoms with Crippen LogP contribution in [0.5, 0.6) is 0 Å². The molecule has 0 amide bonds. The summed E-state index contributed by atoms with van der Waals surface area (Å²) < 4.78 is 0. The van der Waals surface area contributed by atoms with Crippen molar-refractivity contribution in [3.05, 3.63) is 41.6 Å². The largest absolute Gasteiger partial charge is 0.369 e. The van der Waals surface area contributed by atoms with Crippen molar-refractivity contribution in [2.24, 2.45) is 0 Å². The topological polar surface area (TPSA) is 53.1 Å². The van der Waals surface area contributed by atoms with Gasteiger partial charge in [-0.05, 0) is 44.6 Å². The van der Waals surface area contributed by atoms with Crippen molar-refractivity contribution in [2.75, 3.05) is 37.8 Å². The number of hydrogen-bond acceptors (Lipinski definition) is 5. The molecule has 0 spiro atoms. The van der Waals surface area contributed by atoms with Crippen LogP contribution in [-0.2, 0) is 6.42 Å². The Morgan fingerprint density at radius 3 is 2.73 bits per heavy atom. The van der Waals surface area contributed by atoms with Crippen molar-refractivity contribution in [2.45, 2.75) is 20.3 Å². The molecule has 118 valence electrons. The van der Waals surface area contributed by atoms with E-state index in [2.05, 4.69) is 71.6 Å². The van der Waals surface area contributed by atoms with E-state index in [1.165, 1.54) is 11.1 Å². The van der Waals surface area contributed by atoms with E-state index in [-0.39, 0.29) is 0 Å². The van der Waals surface area contributed by atoms with Crippen LogP contribution in [0.2, 0.25) is 0 Å². The SMILES string of the molecule is CCc1cccc(C)c1Nc1nccc(NCCN(C)C)n1. The zero-order valence-corrected chi connectivity index (χ0v) is 13.8. The van der Waals surface area contributed by atoms with E-state index in [1.54, 1.807) is 6.20 Å². The van der Waals surface area contributed by atoms with Crippen LogP contribution in [0, 0.1) is 6.92 Å². The molecule has 22 heavy (non-hydrogen) atoms. The Morgan fingerprint density at radius 1 is 1.18 bits per heavy atom. The molecule has 0 saturated carbocycles. The fourth-order valence-corrected chi connectivity index (χ4v) is 2.24. The van der Waals surface area contributed by atoms with E-state index in [4.69, 9.17) is 0 Å². The molecule has 0 atom stereocenters. The minimum absolute atomic E-state index is 0.624. The van der Waals surface area contributed by atoms with Gasteiger partial charge >= 0.3 is 0 Å². The molecule has 0 aliphatic carbocycles. The molecule has 0 saturated heterocycles. The van der Waals surface area contributed by atoms with Gasteiger partial charge in [0.2, 0.25) is 5.95 Å². The van der Waals surface area contributed by atoms with Gasteiger partial charge in [0.05, 0.1) is 0 Å². The van der Waals surface area contributed by atoms with Crippen LogP contribution in [0.1, 0.15) is 18.1 Å². The number of benzene rings is 1. The minimum atomic E-state index is 0.624. The standard InChI is InChI=1S/C17H25N5/c1-5-14-8-6-7-13(2)16(14)21-17-19-10-9-15(20-17)18-11-12-22(3)4/h6-10H,5,11-12H2,1-4H3,(H2,18,19,20,21). The highest BCUT2D eigenvalue weighted by Gasteiger charge is 2.06. The van der Waals surface area contributed by atoms with Gasteiger partial charge in [0, 0.05) is 25.0 Å². The van der Waals surface area contributed by atoms with Crippen LogP contribution in [0.4, 0.5) is 17.5 Å². The number of rotatable bonds is 7. The monoisotopic (exact) mass is 299 g/mol. The summed E-state index contributed by atoms with van der Waals surface area (Å²) in [6.07, 6.45) is 2.75. The molecule has 5 heteroatoms. The lowest BCUT2D eigenvalue weighted by Gasteiger charge is -2.14. The summed E-state index contributed by atoms with van der Waals surface area (Å²) in [7, 11) is 4.11. The minimum Gasteiger partial charge on any atom is -0.369 e. The first-order valence-electron chi connectivity index (χ1n) is 7.67. The van der Waals surface area contributed by atoms with E-state index in [9.17, 15) is 0 Å². The zero-order valence-electron chi connectivity index (χ0n) is 13.8. The highest BCUT2D eigenvalue weighted by Crippen LogP contribution is 2.24. The third-order valence-electron chi connectivity index (χ3n) is 3.50. The van der Waals surface area contributed by atoms with Gasteiger partial charge in [0.15, 0.2) is 0 Å². The molecule has 0 aliphatic rings. The van der Waals surface area contributed by atoms with Gasteiger partial charge in [0.1, 0.15) is 5.82 Å². The van der Waals surface area contributed by atoms with Crippen molar-refractivity contribution in [3.8, 4) is 0 Å². The summed E-state index contributed by atoms with van der Waals surface area (Å²) in [5, 5.41) is 6.67. The molecule has 0 radical (unpaired) electrons. The van der Waals surface area contributed by atoms with Crippen LogP contribution >= 0.6 is 0 Å². The Labute approximate surface area is 132 Å². The Balaban J connectivity index is 2.10. The van der Waals surface area contributed by atoms with E-state index >= 15 is 0 Å². The Bertz CT molecular complexity index is 610. The van der Waals surface area contributed by atoms with Gasteiger partial charge < -0.3 is 15.5 Å². The maximum Gasteiger partial charge on any atom is 0.229 e. The summed E-state index contributed by atoms with van der Waals surface area (Å²) in [6, 6.07) is 8.20. The Kier molecular flexibility index (Phi) is 5.72. The van der Waals surface area contributed by atoms with Crippen LogP contribution < -0.4 is 10.6 Å². The second-order valence-corrected chi connectivity index (χ2v) is 5.58. The smallest absolute Gasteiger partial charge is 0.229 e. The molecule has 0 unspecified atom stereocenters. The summed E-state index contributed by atoms with van der Waals surface area (Å²) in [5.41, 5.74) is 3.58. The van der Waals surface area contributed by atoms with E-state index < -0.39 is 0 Å². The summed E-state index contributed by atoms with van der Waals surface area (Å²) >= 11 is 0. The highest BCUT2D eigenvalue weighted by atomic mass is 15.2. The molecule has 0 bridgehead atoms. The molecule has 1 aromatic heterocycles. The number of likely N-dealkylation sites (N-methyl/N-ethyl adjacent to an activating group) is 1. The fourth-order valence-electron chi connectivity index (χ4n) is 2.24. The number of nitrogens with one attached hydrogen (secondary N) is 2. The van der Waals surface area contributed by atoms with E-state index in [1.807, 2.05) is 6.07 Å². The van der Waals surface area contributed by atoms with Crippen molar-refractivity contribution < 1.29 is 0 Å². The quantitative estimate of drug-likeness (QED) is 0.823. The Hall–Kier alpha value is -2.14. The molecule has 0 fully saturated rings. The second-order valence-electron chi connectivity index (χ2n) is 5.58. The number of hydrogen-bond donors (Lipinski definition) is 2. The van der Waals surface area contributed by atoms with E-state index in [0.717, 1.165) is 31.0 Å². The summed E-state index contributed by atoms with van der Waals surface area (Å²) in [6.45, 7) is 6.07. The van der Waals surface area contributed by atoms with Crippen molar-refractivity contribution in [1.82, 2.24) is 14.9 Å². The molecule has 1 heterocycles. The molecule has 2 rings (SSSR count). The third kappa shape index (κ3) is 4.43. The van der Waals surface area contributed by atoms with Crippen LogP contribution in [0.3, 0.4) is 0 Å². The summed E-state index contributed by atoms with van der Waals surface area (Å²) in [5.74, 6) is 1.46. The number of nitrogens with zero attached hydrogens (tertiary/aromatic N) is 3. The van der Waals surface area contributed by atoms with E-state index in [0.29, 0.717) is 5.95 Å². The van der Waals surface area contributed by atoms with Gasteiger partial charge in [-0.3, -0.25) is 0 Å². The van der Waals surface area contributed by atoms with Gasteiger partial charge in [-0.25, -0.2) is 4.98 Å². The van der Waals surface area contributed by atoms with Crippen LogP contribution in [0.15, 0.2) is 30.5 Å². The van der Waals surface area contributed by atoms with Crippen LogP contribution in [0.25, 0.3) is 0 Å². The lowest BCUT2D eigenvalue weighted by atomic mass is 10.1.